The quantitative estimate of drug-likeness (QED) is 0.371. The molecule has 1 amide bonds. The molecule has 0 saturated heterocycles. The number of amides is 1. The van der Waals surface area contributed by atoms with Gasteiger partial charge >= 0.3 is 6.09 Å². The molecule has 9 heteroatoms. The number of rotatable bonds is 5. The van der Waals surface area contributed by atoms with Gasteiger partial charge in [0.2, 0.25) is 5.95 Å². The van der Waals surface area contributed by atoms with Gasteiger partial charge in [-0.15, -0.1) is 0 Å². The number of pyridine rings is 1. The van der Waals surface area contributed by atoms with E-state index >= 15 is 0 Å². The van der Waals surface area contributed by atoms with Gasteiger partial charge in [-0.3, -0.25) is 9.36 Å². The maximum absolute atomic E-state index is 13.1. The predicted molar refractivity (Wildman–Crippen MR) is 143 cm³/mol. The summed E-state index contributed by atoms with van der Waals surface area (Å²) in [5, 5.41) is 4.40. The van der Waals surface area contributed by atoms with Crippen LogP contribution in [0.2, 0.25) is 5.02 Å². The summed E-state index contributed by atoms with van der Waals surface area (Å²) in [5.41, 5.74) is 2.55. The molecule has 36 heavy (non-hydrogen) atoms. The number of aryl methyl sites for hydroxylation is 1. The highest BCUT2D eigenvalue weighted by atomic mass is 35.5. The van der Waals surface area contributed by atoms with Crippen LogP contribution in [0.3, 0.4) is 0 Å². The molecular weight excluding hydrogens is 478 g/mol. The fourth-order valence-electron chi connectivity index (χ4n) is 3.73. The van der Waals surface area contributed by atoms with Crippen molar-refractivity contribution in [3.8, 4) is 11.1 Å². The standard InChI is InChI=1S/C27H28ClN5O3/c1-27(2,3)36-26(35)32(4)16-17-9-8-10-19(13-17)30-25-29-15-18-14-21(20-11-6-7-12-22(20)28)24(34)33(5)23(18)31-25/h6-15H,16H2,1-5H3,(H,29,30,31). The smallest absolute Gasteiger partial charge is 0.410 e. The Kier molecular flexibility index (Phi) is 6.99. The number of aromatic nitrogens is 3. The number of nitrogens with zero attached hydrogens (tertiary/aromatic N) is 4. The maximum atomic E-state index is 13.1. The lowest BCUT2D eigenvalue weighted by molar-refractivity contribution is 0.0285. The lowest BCUT2D eigenvalue weighted by Gasteiger charge is -2.24. The Morgan fingerprint density at radius 3 is 2.58 bits per heavy atom. The molecule has 0 unspecified atom stereocenters. The number of benzene rings is 2. The largest absolute Gasteiger partial charge is 0.444 e. The number of ether oxygens (including phenoxy) is 1. The molecule has 4 rings (SSSR count). The van der Waals surface area contributed by atoms with E-state index in [0.717, 1.165) is 11.3 Å². The Balaban J connectivity index is 1.57. The first kappa shape index (κ1) is 25.2. The molecule has 2 aromatic carbocycles. The van der Waals surface area contributed by atoms with E-state index in [1.54, 1.807) is 32.4 Å². The third-order valence-corrected chi connectivity index (χ3v) is 5.75. The molecule has 0 aliphatic rings. The van der Waals surface area contributed by atoms with Crippen molar-refractivity contribution < 1.29 is 9.53 Å². The van der Waals surface area contributed by atoms with Gasteiger partial charge in [0, 0.05) is 54.1 Å². The third kappa shape index (κ3) is 5.66. The Morgan fingerprint density at radius 2 is 1.86 bits per heavy atom. The van der Waals surface area contributed by atoms with Crippen molar-refractivity contribution >= 4 is 40.4 Å². The Labute approximate surface area is 214 Å². The number of anilines is 2. The van der Waals surface area contributed by atoms with Crippen molar-refractivity contribution in [2.24, 2.45) is 7.05 Å². The highest BCUT2D eigenvalue weighted by molar-refractivity contribution is 6.33. The zero-order valence-electron chi connectivity index (χ0n) is 20.9. The van der Waals surface area contributed by atoms with E-state index in [-0.39, 0.29) is 5.56 Å². The molecule has 0 aliphatic heterocycles. The third-order valence-electron chi connectivity index (χ3n) is 5.42. The molecule has 4 aromatic rings. The van der Waals surface area contributed by atoms with E-state index in [1.165, 1.54) is 9.47 Å². The number of hydrogen-bond acceptors (Lipinski definition) is 6. The molecule has 0 atom stereocenters. The summed E-state index contributed by atoms with van der Waals surface area (Å²) in [6.45, 7) is 5.88. The number of carbonyl (C=O) groups excluding carboxylic acids is 1. The topological polar surface area (TPSA) is 89.4 Å². The summed E-state index contributed by atoms with van der Waals surface area (Å²) in [7, 11) is 3.37. The number of hydrogen-bond donors (Lipinski definition) is 1. The number of carbonyl (C=O) groups is 1. The minimum absolute atomic E-state index is 0.201. The van der Waals surface area contributed by atoms with Gasteiger partial charge < -0.3 is 15.0 Å². The molecule has 0 bridgehead atoms. The molecule has 0 spiro atoms. The average molecular weight is 506 g/mol. The van der Waals surface area contributed by atoms with Crippen LogP contribution in [0.5, 0.6) is 0 Å². The summed E-state index contributed by atoms with van der Waals surface area (Å²) in [6.07, 6.45) is 1.28. The molecule has 2 aromatic heterocycles. The van der Waals surface area contributed by atoms with Crippen molar-refractivity contribution in [3.05, 3.63) is 81.7 Å². The Hall–Kier alpha value is -3.91. The lowest BCUT2D eigenvalue weighted by atomic mass is 10.1. The monoisotopic (exact) mass is 505 g/mol. The van der Waals surface area contributed by atoms with Crippen LogP contribution < -0.4 is 10.9 Å². The first-order valence-corrected chi connectivity index (χ1v) is 11.8. The second-order valence-electron chi connectivity index (χ2n) is 9.54. The van der Waals surface area contributed by atoms with Crippen LogP contribution in [-0.2, 0) is 18.3 Å². The summed E-state index contributed by atoms with van der Waals surface area (Å²) in [6, 6.07) is 16.6. The minimum Gasteiger partial charge on any atom is -0.444 e. The summed E-state index contributed by atoms with van der Waals surface area (Å²) in [4.78, 5) is 35.9. The van der Waals surface area contributed by atoms with E-state index in [2.05, 4.69) is 15.3 Å². The van der Waals surface area contributed by atoms with Gasteiger partial charge in [-0.25, -0.2) is 9.78 Å². The van der Waals surface area contributed by atoms with Gasteiger partial charge in [-0.2, -0.15) is 4.98 Å². The Bertz CT molecular complexity index is 1490. The summed E-state index contributed by atoms with van der Waals surface area (Å²) in [5.74, 6) is 0.348. The molecule has 0 aliphatic carbocycles. The van der Waals surface area contributed by atoms with Crippen LogP contribution in [0, 0.1) is 0 Å². The van der Waals surface area contributed by atoms with Crippen LogP contribution in [0.4, 0.5) is 16.4 Å². The summed E-state index contributed by atoms with van der Waals surface area (Å²) >= 11 is 6.32. The van der Waals surface area contributed by atoms with Crippen LogP contribution in [0.25, 0.3) is 22.2 Å². The molecule has 0 fully saturated rings. The first-order valence-electron chi connectivity index (χ1n) is 11.4. The molecule has 0 saturated carbocycles. The number of nitrogens with one attached hydrogen (secondary N) is 1. The second kappa shape index (κ2) is 9.99. The van der Waals surface area contributed by atoms with Crippen LogP contribution in [0.1, 0.15) is 26.3 Å². The van der Waals surface area contributed by atoms with Crippen LogP contribution in [0.15, 0.2) is 65.6 Å². The van der Waals surface area contributed by atoms with Gasteiger partial charge in [0.15, 0.2) is 0 Å². The molecule has 186 valence electrons. The second-order valence-corrected chi connectivity index (χ2v) is 9.94. The molecule has 0 radical (unpaired) electrons. The van der Waals surface area contributed by atoms with E-state index in [4.69, 9.17) is 16.3 Å². The van der Waals surface area contributed by atoms with E-state index in [9.17, 15) is 9.59 Å². The fourth-order valence-corrected chi connectivity index (χ4v) is 3.97. The number of halogens is 1. The van der Waals surface area contributed by atoms with Crippen molar-refractivity contribution in [2.45, 2.75) is 32.9 Å². The van der Waals surface area contributed by atoms with Crippen molar-refractivity contribution in [2.75, 3.05) is 12.4 Å². The maximum Gasteiger partial charge on any atom is 0.410 e. The van der Waals surface area contributed by atoms with Crippen molar-refractivity contribution in [1.82, 2.24) is 19.4 Å². The van der Waals surface area contributed by atoms with Gasteiger partial charge in [-0.1, -0.05) is 41.9 Å². The van der Waals surface area contributed by atoms with Crippen molar-refractivity contribution in [1.29, 1.82) is 0 Å². The van der Waals surface area contributed by atoms with Crippen LogP contribution in [-0.4, -0.2) is 38.2 Å². The van der Waals surface area contributed by atoms with E-state index in [0.29, 0.717) is 39.7 Å². The SMILES string of the molecule is CN(Cc1cccc(Nc2ncc3cc(-c4ccccc4Cl)c(=O)n(C)c3n2)c1)C(=O)OC(C)(C)C. The number of fused-ring (bicyclic) bond motifs is 1. The van der Waals surface area contributed by atoms with Crippen molar-refractivity contribution in [3.63, 3.8) is 0 Å². The molecule has 1 N–H and O–H groups in total. The zero-order chi connectivity index (χ0) is 26.0. The highest BCUT2D eigenvalue weighted by Crippen LogP contribution is 2.27. The predicted octanol–water partition coefficient (Wildman–Crippen LogP) is 5.76. The molecular formula is C27H28ClN5O3. The summed E-state index contributed by atoms with van der Waals surface area (Å²) < 4.78 is 6.91. The highest BCUT2D eigenvalue weighted by Gasteiger charge is 2.20. The van der Waals surface area contributed by atoms with Crippen LogP contribution >= 0.6 is 11.6 Å². The van der Waals surface area contributed by atoms with Gasteiger partial charge in [0.25, 0.3) is 5.56 Å². The normalized spacial score (nSPS) is 11.4. The molecule has 2 heterocycles. The first-order chi connectivity index (χ1) is 17.0. The average Bonchev–Trinajstić information content (AvgIpc) is 2.81. The minimum atomic E-state index is -0.559. The molecule has 8 nitrogen and oxygen atoms in total. The zero-order valence-corrected chi connectivity index (χ0v) is 21.6. The lowest BCUT2D eigenvalue weighted by Crippen LogP contribution is -2.33. The van der Waals surface area contributed by atoms with Gasteiger partial charge in [0.05, 0.1) is 0 Å². The fraction of sp³-hybridized carbons (Fsp3) is 0.259. The van der Waals surface area contributed by atoms with Gasteiger partial charge in [0.1, 0.15) is 11.2 Å². The van der Waals surface area contributed by atoms with Gasteiger partial charge in [-0.05, 0) is 50.6 Å². The van der Waals surface area contributed by atoms with E-state index < -0.39 is 11.7 Å². The van der Waals surface area contributed by atoms with E-state index in [1.807, 2.05) is 63.2 Å². The Morgan fingerprint density at radius 1 is 1.11 bits per heavy atom.